The van der Waals surface area contributed by atoms with Gasteiger partial charge in [-0.2, -0.15) is 0 Å². The van der Waals surface area contributed by atoms with E-state index < -0.39 is 0 Å². The second kappa shape index (κ2) is 34.5. The monoisotopic (exact) mass is 608 g/mol. The lowest BCUT2D eigenvalue weighted by Gasteiger charge is -2.23. The predicted molar refractivity (Wildman–Crippen MR) is 189 cm³/mol. The topological polar surface area (TPSA) is 6.48 Å². The molecule has 0 aromatic rings. The van der Waals surface area contributed by atoms with Crippen molar-refractivity contribution in [1.29, 1.82) is 0 Å². The smallest absolute Gasteiger partial charge is 0.0165 e. The van der Waals surface area contributed by atoms with Gasteiger partial charge in [0.25, 0.3) is 0 Å². The Kier molecular flexibility index (Phi) is 35.7. The van der Waals surface area contributed by atoms with Crippen LogP contribution in [0.3, 0.4) is 0 Å². The highest BCUT2D eigenvalue weighted by molar-refractivity contribution is 8.77. The molecule has 0 saturated heterocycles. The van der Waals surface area contributed by atoms with Gasteiger partial charge >= 0.3 is 0 Å². The number of rotatable bonds is 33. The Balaban J connectivity index is 3.57. The first-order valence-electron chi connectivity index (χ1n) is 16.6. The number of unbranched alkanes of at least 4 members (excludes halogenated alkanes) is 18. The first-order valence-corrected chi connectivity index (χ1v) is 21.5. The van der Waals surface area contributed by atoms with Crippen LogP contribution in [0.5, 0.6) is 0 Å². The quantitative estimate of drug-likeness (QED) is 0.0536. The third kappa shape index (κ3) is 33.5. The lowest BCUT2D eigenvalue weighted by Crippen LogP contribution is -2.34. The van der Waals surface area contributed by atoms with E-state index in [0.717, 1.165) is 0 Å². The van der Waals surface area contributed by atoms with Crippen molar-refractivity contribution >= 4 is 43.2 Å². The molecule has 0 bridgehead atoms. The third-order valence-corrected chi connectivity index (χ3v) is 12.1. The SMILES string of the molecule is CCCCCCCCCCCCSSCCN(CCSSCCCCCCCCCCCC)CCN(C)C. The Hall–Kier alpha value is 1.32. The lowest BCUT2D eigenvalue weighted by molar-refractivity contribution is 0.265. The summed E-state index contributed by atoms with van der Waals surface area (Å²) >= 11 is 0. The van der Waals surface area contributed by atoms with E-state index in [2.05, 4.69) is 80.9 Å². The highest BCUT2D eigenvalue weighted by Crippen LogP contribution is 2.25. The molecule has 0 heterocycles. The molecule has 0 atom stereocenters. The maximum absolute atomic E-state index is 2.70. The van der Waals surface area contributed by atoms with Crippen molar-refractivity contribution in [1.82, 2.24) is 9.80 Å². The molecular formula is C32H68N2S4. The zero-order valence-corrected chi connectivity index (χ0v) is 29.6. The van der Waals surface area contributed by atoms with E-state index in [1.165, 1.54) is 178 Å². The fraction of sp³-hybridized carbons (Fsp3) is 1.00. The van der Waals surface area contributed by atoms with Crippen molar-refractivity contribution < 1.29 is 0 Å². The molecule has 230 valence electrons. The summed E-state index contributed by atoms with van der Waals surface area (Å²) in [7, 11) is 12.8. The summed E-state index contributed by atoms with van der Waals surface area (Å²) in [4.78, 5) is 5.02. The summed E-state index contributed by atoms with van der Waals surface area (Å²) in [5.74, 6) is 5.22. The summed E-state index contributed by atoms with van der Waals surface area (Å²) in [5.41, 5.74) is 0. The minimum atomic E-state index is 1.17. The fourth-order valence-electron chi connectivity index (χ4n) is 4.54. The van der Waals surface area contributed by atoms with Crippen LogP contribution in [0.4, 0.5) is 0 Å². The molecule has 0 amide bonds. The van der Waals surface area contributed by atoms with Crippen molar-refractivity contribution in [3.63, 3.8) is 0 Å². The first-order chi connectivity index (χ1) is 18.7. The number of nitrogens with zero attached hydrogens (tertiary/aromatic N) is 2. The van der Waals surface area contributed by atoms with Crippen molar-refractivity contribution in [2.45, 2.75) is 142 Å². The van der Waals surface area contributed by atoms with Gasteiger partial charge < -0.3 is 9.80 Å². The molecule has 0 aliphatic heterocycles. The summed E-state index contributed by atoms with van der Waals surface area (Å²) < 4.78 is 0. The summed E-state index contributed by atoms with van der Waals surface area (Å²) in [5, 5.41) is 0. The van der Waals surface area contributed by atoms with Crippen LogP contribution in [0.1, 0.15) is 142 Å². The average Bonchev–Trinajstić information content (AvgIpc) is 2.91. The second-order valence-electron chi connectivity index (χ2n) is 11.3. The molecule has 0 saturated carbocycles. The van der Waals surface area contributed by atoms with Crippen LogP contribution >= 0.6 is 43.2 Å². The lowest BCUT2D eigenvalue weighted by atomic mass is 10.1. The maximum atomic E-state index is 2.70. The normalized spacial score (nSPS) is 11.8. The Labute approximate surface area is 257 Å². The van der Waals surface area contributed by atoms with Crippen LogP contribution in [-0.2, 0) is 0 Å². The molecule has 0 aromatic heterocycles. The van der Waals surface area contributed by atoms with Crippen molar-refractivity contribution in [3.05, 3.63) is 0 Å². The molecule has 0 aliphatic carbocycles. The van der Waals surface area contributed by atoms with Gasteiger partial charge in [0.05, 0.1) is 0 Å². The molecule has 0 fully saturated rings. The molecule has 0 N–H and O–H groups in total. The Morgan fingerprint density at radius 3 is 1.00 bits per heavy atom. The van der Waals surface area contributed by atoms with Gasteiger partial charge in [-0.1, -0.05) is 173 Å². The Bertz CT molecular complexity index is 394. The Morgan fingerprint density at radius 1 is 0.342 bits per heavy atom. The highest BCUT2D eigenvalue weighted by atomic mass is 33.1. The number of likely N-dealkylation sites (N-methyl/N-ethyl adjacent to an activating group) is 1. The molecule has 0 spiro atoms. The summed E-state index contributed by atoms with van der Waals surface area (Å²) in [6.07, 6.45) is 28.8. The second-order valence-corrected chi connectivity index (χ2v) is 16.7. The van der Waals surface area contributed by atoms with Gasteiger partial charge in [-0.15, -0.1) is 0 Å². The Morgan fingerprint density at radius 2 is 0.658 bits per heavy atom. The van der Waals surface area contributed by atoms with E-state index in [4.69, 9.17) is 0 Å². The summed E-state index contributed by atoms with van der Waals surface area (Å²) in [6.45, 7) is 9.47. The van der Waals surface area contributed by atoms with Gasteiger partial charge in [-0.25, -0.2) is 0 Å². The van der Waals surface area contributed by atoms with E-state index in [1.54, 1.807) is 0 Å². The van der Waals surface area contributed by atoms with Crippen LogP contribution in [0, 0.1) is 0 Å². The average molecular weight is 609 g/mol. The number of hydrogen-bond donors (Lipinski definition) is 0. The van der Waals surface area contributed by atoms with Gasteiger partial charge in [0.1, 0.15) is 0 Å². The minimum Gasteiger partial charge on any atom is -0.308 e. The number of hydrogen-bond acceptors (Lipinski definition) is 6. The summed E-state index contributed by atoms with van der Waals surface area (Å²) in [6, 6.07) is 0. The molecule has 6 heteroatoms. The zero-order valence-electron chi connectivity index (χ0n) is 26.3. The van der Waals surface area contributed by atoms with Crippen LogP contribution in [0.25, 0.3) is 0 Å². The van der Waals surface area contributed by atoms with Crippen molar-refractivity contribution in [2.75, 3.05) is 63.3 Å². The van der Waals surface area contributed by atoms with Crippen LogP contribution < -0.4 is 0 Å². The molecule has 0 aromatic carbocycles. The highest BCUT2D eigenvalue weighted by Gasteiger charge is 2.06. The van der Waals surface area contributed by atoms with Crippen molar-refractivity contribution in [2.24, 2.45) is 0 Å². The molecule has 0 aliphatic rings. The van der Waals surface area contributed by atoms with Gasteiger partial charge in [0, 0.05) is 49.2 Å². The van der Waals surface area contributed by atoms with Crippen LogP contribution in [-0.4, -0.2) is 73.1 Å². The standard InChI is InChI=1S/C32H68N2S4/c1-5-7-9-11-13-15-17-19-21-23-29-35-37-31-27-34(26-25-33(3)4)28-32-38-36-30-24-22-20-18-16-14-12-10-8-6-2/h5-32H2,1-4H3. The molecule has 2 nitrogen and oxygen atoms in total. The maximum Gasteiger partial charge on any atom is 0.0165 e. The van der Waals surface area contributed by atoms with Gasteiger partial charge in [0.15, 0.2) is 0 Å². The molecule has 0 radical (unpaired) electrons. The van der Waals surface area contributed by atoms with Crippen molar-refractivity contribution in [3.8, 4) is 0 Å². The largest absolute Gasteiger partial charge is 0.308 e. The molecule has 0 rings (SSSR count). The van der Waals surface area contributed by atoms with Gasteiger partial charge in [-0.05, 0) is 26.9 Å². The van der Waals surface area contributed by atoms with Gasteiger partial charge in [-0.3, -0.25) is 0 Å². The van der Waals surface area contributed by atoms with E-state index in [0.29, 0.717) is 0 Å². The zero-order chi connectivity index (χ0) is 27.8. The van der Waals surface area contributed by atoms with Crippen LogP contribution in [0.15, 0.2) is 0 Å². The molecular weight excluding hydrogens is 541 g/mol. The third-order valence-electron chi connectivity index (χ3n) is 7.17. The molecule has 38 heavy (non-hydrogen) atoms. The van der Waals surface area contributed by atoms with E-state index >= 15 is 0 Å². The predicted octanol–water partition coefficient (Wildman–Crippen LogP) is 11.5. The van der Waals surface area contributed by atoms with E-state index in [-0.39, 0.29) is 0 Å². The van der Waals surface area contributed by atoms with E-state index in [9.17, 15) is 0 Å². The first kappa shape index (κ1) is 39.3. The van der Waals surface area contributed by atoms with E-state index in [1.807, 2.05) is 0 Å². The van der Waals surface area contributed by atoms with Gasteiger partial charge in [0.2, 0.25) is 0 Å². The fourth-order valence-corrected chi connectivity index (χ4v) is 8.89. The minimum absolute atomic E-state index is 1.17. The van der Waals surface area contributed by atoms with Crippen LogP contribution in [0.2, 0.25) is 0 Å². The molecule has 0 unspecified atom stereocenters.